The summed E-state index contributed by atoms with van der Waals surface area (Å²) in [5.74, 6) is -0.298. The highest BCUT2D eigenvalue weighted by Crippen LogP contribution is 2.28. The molecule has 138 valence electrons. The number of aromatic nitrogens is 2. The topological polar surface area (TPSA) is 124 Å². The van der Waals surface area contributed by atoms with Crippen LogP contribution in [0.3, 0.4) is 0 Å². The van der Waals surface area contributed by atoms with Crippen molar-refractivity contribution in [3.05, 3.63) is 50.7 Å². The van der Waals surface area contributed by atoms with E-state index >= 15 is 0 Å². The average molecular weight is 399 g/mol. The average Bonchev–Trinajstić information content (AvgIpc) is 3.09. The van der Waals surface area contributed by atoms with Gasteiger partial charge in [-0.1, -0.05) is 11.6 Å². The minimum atomic E-state index is -3.12. The van der Waals surface area contributed by atoms with Crippen molar-refractivity contribution >= 4 is 38.9 Å². The molecule has 26 heavy (non-hydrogen) atoms. The van der Waals surface area contributed by atoms with Crippen LogP contribution in [0.4, 0.5) is 11.5 Å². The van der Waals surface area contributed by atoms with Gasteiger partial charge < -0.3 is 5.32 Å². The van der Waals surface area contributed by atoms with E-state index in [4.69, 9.17) is 11.6 Å². The molecular weight excluding hydrogens is 384 g/mol. The van der Waals surface area contributed by atoms with E-state index in [0.717, 1.165) is 6.07 Å². The molecule has 0 spiro atoms. The fourth-order valence-corrected chi connectivity index (χ4v) is 4.74. The van der Waals surface area contributed by atoms with Gasteiger partial charge in [0.05, 0.1) is 38.8 Å². The van der Waals surface area contributed by atoms with Gasteiger partial charge >= 0.3 is 0 Å². The molecule has 1 aromatic carbocycles. The van der Waals surface area contributed by atoms with Crippen LogP contribution in [0.15, 0.2) is 24.3 Å². The van der Waals surface area contributed by atoms with Crippen LogP contribution in [0.25, 0.3) is 0 Å². The molecule has 1 aliphatic heterocycles. The lowest BCUT2D eigenvalue weighted by atomic mass is 10.2. The minimum absolute atomic E-state index is 0.0471. The molecule has 0 radical (unpaired) electrons. The summed E-state index contributed by atoms with van der Waals surface area (Å²) in [4.78, 5) is 22.8. The predicted octanol–water partition coefficient (Wildman–Crippen LogP) is 2.37. The Kier molecular flexibility index (Phi) is 4.72. The van der Waals surface area contributed by atoms with E-state index in [1.54, 1.807) is 13.0 Å². The third kappa shape index (κ3) is 3.70. The lowest BCUT2D eigenvalue weighted by Crippen LogP contribution is -2.20. The highest BCUT2D eigenvalue weighted by molar-refractivity contribution is 7.91. The van der Waals surface area contributed by atoms with Crippen LogP contribution in [0.2, 0.25) is 5.02 Å². The molecule has 1 aromatic heterocycles. The van der Waals surface area contributed by atoms with Gasteiger partial charge in [-0.15, -0.1) is 0 Å². The first-order valence-corrected chi connectivity index (χ1v) is 9.88. The second-order valence-electron chi connectivity index (χ2n) is 6.05. The zero-order valence-corrected chi connectivity index (χ0v) is 15.2. The van der Waals surface area contributed by atoms with Crippen molar-refractivity contribution in [1.29, 1.82) is 0 Å². The Hall–Kier alpha value is -2.46. The summed E-state index contributed by atoms with van der Waals surface area (Å²) in [6, 6.07) is 4.81. The van der Waals surface area contributed by atoms with Crippen LogP contribution in [0.5, 0.6) is 0 Å². The number of rotatable bonds is 4. The van der Waals surface area contributed by atoms with Crippen LogP contribution in [-0.4, -0.2) is 40.5 Å². The summed E-state index contributed by atoms with van der Waals surface area (Å²) in [6.07, 6.45) is 0.407. The van der Waals surface area contributed by atoms with Crippen molar-refractivity contribution in [1.82, 2.24) is 9.78 Å². The van der Waals surface area contributed by atoms with E-state index in [-0.39, 0.29) is 33.8 Å². The Balaban J connectivity index is 1.89. The maximum atomic E-state index is 12.5. The summed E-state index contributed by atoms with van der Waals surface area (Å²) < 4.78 is 24.9. The second-order valence-corrected chi connectivity index (χ2v) is 8.68. The number of non-ortho nitro benzene ring substituents is 1. The highest BCUT2D eigenvalue weighted by atomic mass is 35.5. The number of carbonyl (C=O) groups excluding carboxylic acids is 1. The number of aryl methyl sites for hydroxylation is 1. The first kappa shape index (κ1) is 18.3. The normalized spacial score (nSPS) is 18.6. The van der Waals surface area contributed by atoms with Crippen molar-refractivity contribution in [2.24, 2.45) is 0 Å². The zero-order valence-electron chi connectivity index (χ0n) is 13.7. The van der Waals surface area contributed by atoms with E-state index < -0.39 is 20.7 Å². The number of hydrogen-bond donors (Lipinski definition) is 1. The zero-order chi connectivity index (χ0) is 19.1. The number of halogens is 1. The number of nitrogens with zero attached hydrogens (tertiary/aromatic N) is 3. The Morgan fingerprint density at radius 3 is 2.77 bits per heavy atom. The molecule has 0 bridgehead atoms. The SMILES string of the molecule is Cc1cc(NC(=O)c2cc([N+](=O)[O-])ccc2Cl)n(C2CCS(=O)(=O)C2)n1. The Morgan fingerprint density at radius 2 is 2.15 bits per heavy atom. The van der Waals surface area contributed by atoms with E-state index in [0.29, 0.717) is 17.9 Å². The van der Waals surface area contributed by atoms with Crippen LogP contribution >= 0.6 is 11.6 Å². The van der Waals surface area contributed by atoms with Crippen molar-refractivity contribution < 1.29 is 18.1 Å². The smallest absolute Gasteiger partial charge is 0.270 e. The molecule has 1 aliphatic rings. The molecule has 1 atom stereocenters. The first-order chi connectivity index (χ1) is 12.2. The number of nitro groups is 1. The third-order valence-corrected chi connectivity index (χ3v) is 6.14. The van der Waals surface area contributed by atoms with Gasteiger partial charge in [-0.3, -0.25) is 14.9 Å². The monoisotopic (exact) mass is 398 g/mol. The molecule has 1 N–H and O–H groups in total. The summed E-state index contributed by atoms with van der Waals surface area (Å²) in [7, 11) is -3.12. The van der Waals surface area contributed by atoms with Gasteiger partial charge in [0, 0.05) is 18.2 Å². The van der Waals surface area contributed by atoms with Gasteiger partial charge in [0.2, 0.25) is 0 Å². The number of amides is 1. The molecule has 2 aromatic rings. The third-order valence-electron chi connectivity index (χ3n) is 4.06. The van der Waals surface area contributed by atoms with Crippen LogP contribution < -0.4 is 5.32 Å². The number of carbonyl (C=O) groups is 1. The van der Waals surface area contributed by atoms with Gasteiger partial charge in [-0.05, 0) is 19.4 Å². The molecule has 0 saturated carbocycles. The summed E-state index contributed by atoms with van der Waals surface area (Å²) in [5, 5.41) is 17.9. The van der Waals surface area contributed by atoms with Gasteiger partial charge in [-0.25, -0.2) is 13.1 Å². The lowest BCUT2D eigenvalue weighted by molar-refractivity contribution is -0.384. The molecule has 3 rings (SSSR count). The summed E-state index contributed by atoms with van der Waals surface area (Å²) in [5.41, 5.74) is 0.297. The Labute approximate surface area is 154 Å². The van der Waals surface area contributed by atoms with E-state index in [1.165, 1.54) is 16.8 Å². The second kappa shape index (κ2) is 6.69. The molecule has 2 heterocycles. The summed E-state index contributed by atoms with van der Waals surface area (Å²) >= 11 is 5.99. The summed E-state index contributed by atoms with van der Waals surface area (Å²) in [6.45, 7) is 1.72. The number of hydrogen-bond acceptors (Lipinski definition) is 6. The van der Waals surface area contributed by atoms with Crippen LogP contribution in [0.1, 0.15) is 28.5 Å². The van der Waals surface area contributed by atoms with Crippen molar-refractivity contribution in [2.75, 3.05) is 16.8 Å². The number of nitrogens with one attached hydrogen (secondary N) is 1. The molecule has 9 nitrogen and oxygen atoms in total. The highest BCUT2D eigenvalue weighted by Gasteiger charge is 2.31. The number of nitro benzene ring substituents is 1. The Bertz CT molecular complexity index is 1000. The molecular formula is C15H15ClN4O5S. The molecule has 1 fully saturated rings. The molecule has 1 amide bonds. The minimum Gasteiger partial charge on any atom is -0.307 e. The van der Waals surface area contributed by atoms with Gasteiger partial charge in [-0.2, -0.15) is 5.10 Å². The van der Waals surface area contributed by atoms with Crippen molar-refractivity contribution in [3.8, 4) is 0 Å². The van der Waals surface area contributed by atoms with Crippen LogP contribution in [0, 0.1) is 17.0 Å². The number of benzene rings is 1. The van der Waals surface area contributed by atoms with Gasteiger partial charge in [0.1, 0.15) is 5.82 Å². The fourth-order valence-electron chi connectivity index (χ4n) is 2.84. The number of anilines is 1. The predicted molar refractivity (Wildman–Crippen MR) is 95.3 cm³/mol. The molecule has 1 unspecified atom stereocenters. The van der Waals surface area contributed by atoms with Gasteiger partial charge in [0.25, 0.3) is 11.6 Å². The van der Waals surface area contributed by atoms with Gasteiger partial charge in [0.15, 0.2) is 9.84 Å². The van der Waals surface area contributed by atoms with E-state index in [9.17, 15) is 23.3 Å². The fraction of sp³-hybridized carbons (Fsp3) is 0.333. The van der Waals surface area contributed by atoms with Crippen LogP contribution in [-0.2, 0) is 9.84 Å². The van der Waals surface area contributed by atoms with Crippen molar-refractivity contribution in [3.63, 3.8) is 0 Å². The maximum absolute atomic E-state index is 12.5. The number of sulfone groups is 1. The van der Waals surface area contributed by atoms with Crippen molar-refractivity contribution in [2.45, 2.75) is 19.4 Å². The quantitative estimate of drug-likeness (QED) is 0.622. The standard InChI is InChI=1S/C15H15ClN4O5S/c1-9-6-14(19(18-9)11-4-5-26(24,25)8-11)17-15(21)12-7-10(20(22)23)2-3-13(12)16/h2-3,6-7,11H,4-5,8H2,1H3,(H,17,21). The maximum Gasteiger partial charge on any atom is 0.270 e. The largest absolute Gasteiger partial charge is 0.307 e. The molecule has 1 saturated heterocycles. The van der Waals surface area contributed by atoms with E-state index in [1.807, 2.05) is 0 Å². The first-order valence-electron chi connectivity index (χ1n) is 7.68. The Morgan fingerprint density at radius 1 is 1.42 bits per heavy atom. The molecule has 11 heteroatoms. The lowest BCUT2D eigenvalue weighted by Gasteiger charge is -2.14. The molecule has 0 aliphatic carbocycles. The van der Waals surface area contributed by atoms with E-state index in [2.05, 4.69) is 10.4 Å².